The lowest BCUT2D eigenvalue weighted by molar-refractivity contribution is 0.0935. The molecule has 1 aromatic rings. The van der Waals surface area contributed by atoms with Crippen molar-refractivity contribution >= 4 is 29.3 Å². The number of alkyl halides is 1. The summed E-state index contributed by atoms with van der Waals surface area (Å²) in [6.07, 6.45) is 2.74. The van der Waals surface area contributed by atoms with Gasteiger partial charge in [0.05, 0.1) is 5.56 Å². The van der Waals surface area contributed by atoms with Gasteiger partial charge in [-0.2, -0.15) is 0 Å². The zero-order chi connectivity index (χ0) is 12.8. The van der Waals surface area contributed by atoms with Gasteiger partial charge in [0.2, 0.25) is 0 Å². The number of carbonyl (C=O) groups excluding carboxylic acids is 1. The summed E-state index contributed by atoms with van der Waals surface area (Å²) in [5.41, 5.74) is 0.731. The minimum absolute atomic E-state index is 0.0280. The highest BCUT2D eigenvalue weighted by atomic mass is 35.5. The molecule has 0 radical (unpaired) electrons. The Kier molecular flexibility index (Phi) is 5.86. The largest absolute Gasteiger partial charge is 0.349 e. The number of carbonyl (C=O) groups is 1. The highest BCUT2D eigenvalue weighted by Crippen LogP contribution is 2.19. The monoisotopic (exact) mass is 271 g/mol. The summed E-state index contributed by atoms with van der Waals surface area (Å²) in [5.74, 6) is -0.0280. The average molecular weight is 272 g/mol. The van der Waals surface area contributed by atoms with Crippen LogP contribution >= 0.6 is 23.4 Å². The molecule has 0 bridgehead atoms. The normalized spacial score (nSPS) is 14.1. The molecule has 0 aliphatic heterocycles. The van der Waals surface area contributed by atoms with Crippen LogP contribution in [0.5, 0.6) is 0 Å². The van der Waals surface area contributed by atoms with Crippen LogP contribution in [0.3, 0.4) is 0 Å². The van der Waals surface area contributed by atoms with Gasteiger partial charge >= 0.3 is 0 Å². The van der Waals surface area contributed by atoms with E-state index in [2.05, 4.69) is 5.32 Å². The summed E-state index contributed by atoms with van der Waals surface area (Å²) in [7, 11) is 0. The third kappa shape index (κ3) is 4.60. The van der Waals surface area contributed by atoms with Gasteiger partial charge in [0.25, 0.3) is 5.91 Å². The van der Waals surface area contributed by atoms with Crippen LogP contribution in [0.15, 0.2) is 29.2 Å². The van der Waals surface area contributed by atoms with Gasteiger partial charge in [-0.1, -0.05) is 12.1 Å². The van der Waals surface area contributed by atoms with Gasteiger partial charge < -0.3 is 5.32 Å². The molecule has 1 amide bonds. The molecule has 2 nitrogen and oxygen atoms in total. The first-order valence-electron chi connectivity index (χ1n) is 5.62. The van der Waals surface area contributed by atoms with Crippen molar-refractivity contribution in [2.45, 2.75) is 36.6 Å². The molecule has 0 saturated heterocycles. The third-order valence-corrected chi connectivity index (χ3v) is 3.38. The molecule has 1 N–H and O–H groups in total. The molecular formula is C13H18ClNOS. The fourth-order valence-corrected chi connectivity index (χ4v) is 2.54. The van der Waals surface area contributed by atoms with Crippen LogP contribution in [-0.4, -0.2) is 23.6 Å². The Labute approximate surface area is 112 Å². The molecule has 2 unspecified atom stereocenters. The molecule has 17 heavy (non-hydrogen) atoms. The second-order valence-electron chi connectivity index (χ2n) is 4.09. The lowest BCUT2D eigenvalue weighted by Crippen LogP contribution is -2.34. The SMILES string of the molecule is CSc1ccccc1C(=O)NC(C)CC(C)Cl. The van der Waals surface area contributed by atoms with E-state index in [9.17, 15) is 4.79 Å². The van der Waals surface area contributed by atoms with Gasteiger partial charge in [0.15, 0.2) is 0 Å². The maximum atomic E-state index is 12.0. The van der Waals surface area contributed by atoms with Gasteiger partial charge in [-0.05, 0) is 38.7 Å². The lowest BCUT2D eigenvalue weighted by atomic mass is 10.1. The summed E-state index contributed by atoms with van der Waals surface area (Å²) >= 11 is 7.48. The second-order valence-corrected chi connectivity index (χ2v) is 5.68. The molecule has 0 heterocycles. The predicted octanol–water partition coefficient (Wildman–Crippen LogP) is 3.54. The van der Waals surface area contributed by atoms with E-state index in [1.807, 2.05) is 44.4 Å². The van der Waals surface area contributed by atoms with E-state index in [0.29, 0.717) is 0 Å². The molecule has 2 atom stereocenters. The first kappa shape index (κ1) is 14.4. The van der Waals surface area contributed by atoms with Gasteiger partial charge in [-0.3, -0.25) is 4.79 Å². The second kappa shape index (κ2) is 6.92. The zero-order valence-corrected chi connectivity index (χ0v) is 11.9. The molecule has 1 rings (SSSR count). The molecule has 0 aromatic heterocycles. The zero-order valence-electron chi connectivity index (χ0n) is 10.4. The van der Waals surface area contributed by atoms with Crippen LogP contribution in [0.1, 0.15) is 30.6 Å². The van der Waals surface area contributed by atoms with Crippen LogP contribution in [0.2, 0.25) is 0 Å². The molecule has 1 aromatic carbocycles. The molecule has 4 heteroatoms. The van der Waals surface area contributed by atoms with Crippen molar-refractivity contribution in [2.75, 3.05) is 6.26 Å². The van der Waals surface area contributed by atoms with E-state index in [4.69, 9.17) is 11.6 Å². The maximum absolute atomic E-state index is 12.0. The standard InChI is InChI=1S/C13H18ClNOS/c1-9(14)8-10(2)15-13(16)11-6-4-5-7-12(11)17-3/h4-7,9-10H,8H2,1-3H3,(H,15,16). The van der Waals surface area contributed by atoms with Gasteiger partial charge in [0.1, 0.15) is 0 Å². The minimum atomic E-state index is -0.0280. The Bertz CT molecular complexity index is 381. The number of hydrogen-bond donors (Lipinski definition) is 1. The molecule has 0 aliphatic carbocycles. The summed E-state index contributed by atoms with van der Waals surface area (Å²) < 4.78 is 0. The van der Waals surface area contributed by atoms with Crippen LogP contribution in [-0.2, 0) is 0 Å². The predicted molar refractivity (Wildman–Crippen MR) is 75.1 cm³/mol. The summed E-state index contributed by atoms with van der Waals surface area (Å²) in [6.45, 7) is 3.90. The first-order chi connectivity index (χ1) is 8.04. The number of thioether (sulfide) groups is 1. The number of hydrogen-bond acceptors (Lipinski definition) is 2. The molecule has 94 valence electrons. The van der Waals surface area contributed by atoms with Gasteiger partial charge in [0, 0.05) is 16.3 Å². The minimum Gasteiger partial charge on any atom is -0.349 e. The highest BCUT2D eigenvalue weighted by molar-refractivity contribution is 7.98. The fraction of sp³-hybridized carbons (Fsp3) is 0.462. The number of nitrogens with one attached hydrogen (secondary N) is 1. The van der Waals surface area contributed by atoms with Gasteiger partial charge in [-0.25, -0.2) is 0 Å². The number of amides is 1. The van der Waals surface area contributed by atoms with Crippen LogP contribution in [0, 0.1) is 0 Å². The fourth-order valence-electron chi connectivity index (χ4n) is 1.68. The van der Waals surface area contributed by atoms with Crippen molar-refractivity contribution in [1.29, 1.82) is 0 Å². The van der Waals surface area contributed by atoms with E-state index in [1.54, 1.807) is 11.8 Å². The molecule has 0 fully saturated rings. The molecule has 0 saturated carbocycles. The highest BCUT2D eigenvalue weighted by Gasteiger charge is 2.14. The number of halogens is 1. The lowest BCUT2D eigenvalue weighted by Gasteiger charge is -2.16. The Morgan fingerprint density at radius 1 is 1.41 bits per heavy atom. The van der Waals surface area contributed by atoms with Crippen molar-refractivity contribution in [3.05, 3.63) is 29.8 Å². The van der Waals surface area contributed by atoms with Crippen molar-refractivity contribution in [3.63, 3.8) is 0 Å². The van der Waals surface area contributed by atoms with Crippen LogP contribution < -0.4 is 5.32 Å². The van der Waals surface area contributed by atoms with E-state index in [0.717, 1.165) is 16.9 Å². The van der Waals surface area contributed by atoms with Crippen molar-refractivity contribution in [3.8, 4) is 0 Å². The quantitative estimate of drug-likeness (QED) is 0.656. The van der Waals surface area contributed by atoms with E-state index in [-0.39, 0.29) is 17.3 Å². The van der Waals surface area contributed by atoms with Crippen molar-refractivity contribution < 1.29 is 4.79 Å². The van der Waals surface area contributed by atoms with Crippen molar-refractivity contribution in [1.82, 2.24) is 5.32 Å². The average Bonchev–Trinajstić information content (AvgIpc) is 2.27. The molecule has 0 spiro atoms. The smallest absolute Gasteiger partial charge is 0.252 e. The Hall–Kier alpha value is -0.670. The maximum Gasteiger partial charge on any atom is 0.252 e. The Morgan fingerprint density at radius 3 is 2.65 bits per heavy atom. The first-order valence-corrected chi connectivity index (χ1v) is 7.28. The summed E-state index contributed by atoms with van der Waals surface area (Å²) in [6, 6.07) is 7.70. The Balaban J connectivity index is 2.69. The Morgan fingerprint density at radius 2 is 2.06 bits per heavy atom. The van der Waals surface area contributed by atoms with E-state index < -0.39 is 0 Å². The molecular weight excluding hydrogens is 254 g/mol. The number of benzene rings is 1. The van der Waals surface area contributed by atoms with Crippen LogP contribution in [0.25, 0.3) is 0 Å². The number of rotatable bonds is 5. The van der Waals surface area contributed by atoms with Crippen LogP contribution in [0.4, 0.5) is 0 Å². The topological polar surface area (TPSA) is 29.1 Å². The molecule has 0 aliphatic rings. The summed E-state index contributed by atoms with van der Waals surface area (Å²) in [5, 5.41) is 3.04. The third-order valence-electron chi connectivity index (χ3n) is 2.41. The van der Waals surface area contributed by atoms with E-state index >= 15 is 0 Å². The van der Waals surface area contributed by atoms with Gasteiger partial charge in [-0.15, -0.1) is 23.4 Å². The van der Waals surface area contributed by atoms with E-state index in [1.165, 1.54) is 0 Å². The summed E-state index contributed by atoms with van der Waals surface area (Å²) in [4.78, 5) is 13.0. The van der Waals surface area contributed by atoms with Crippen molar-refractivity contribution in [2.24, 2.45) is 0 Å².